The molecule has 6 nitrogen and oxygen atoms in total. The predicted octanol–water partition coefficient (Wildman–Crippen LogP) is 3.20. The van der Waals surface area contributed by atoms with Gasteiger partial charge in [-0.2, -0.15) is 0 Å². The van der Waals surface area contributed by atoms with Crippen molar-refractivity contribution in [1.29, 1.82) is 0 Å². The number of benzene rings is 1. The van der Waals surface area contributed by atoms with Crippen LogP contribution in [-0.4, -0.2) is 73.8 Å². The molecule has 0 aromatic heterocycles. The zero-order chi connectivity index (χ0) is 18.5. The van der Waals surface area contributed by atoms with Gasteiger partial charge in [-0.15, -0.1) is 24.8 Å². The molecule has 29 heavy (non-hydrogen) atoms. The molecule has 3 aliphatic rings. The lowest BCUT2D eigenvalue weighted by atomic mass is 9.90. The van der Waals surface area contributed by atoms with Gasteiger partial charge in [0, 0.05) is 37.9 Å². The molecule has 0 unspecified atom stereocenters. The highest BCUT2D eigenvalue weighted by Gasteiger charge is 2.29. The Kier molecular flexibility index (Phi) is 9.99. The van der Waals surface area contributed by atoms with Gasteiger partial charge in [0.05, 0.1) is 19.8 Å². The van der Waals surface area contributed by atoms with Crippen LogP contribution < -0.4 is 10.1 Å². The topological polar surface area (TPSA) is 54.0 Å². The summed E-state index contributed by atoms with van der Waals surface area (Å²) in [4.78, 5) is 16.9. The molecule has 1 N–H and O–H groups in total. The van der Waals surface area contributed by atoms with Crippen LogP contribution in [0.25, 0.3) is 0 Å². The molecular weight excluding hydrogens is 413 g/mol. The van der Waals surface area contributed by atoms with Gasteiger partial charge in [0.1, 0.15) is 11.9 Å². The number of rotatable bonds is 6. The Morgan fingerprint density at radius 2 is 1.66 bits per heavy atom. The van der Waals surface area contributed by atoms with Gasteiger partial charge in [-0.25, -0.2) is 0 Å². The Labute approximate surface area is 186 Å². The first-order valence-corrected chi connectivity index (χ1v) is 10.4. The molecule has 8 heteroatoms. The van der Waals surface area contributed by atoms with E-state index in [-0.39, 0.29) is 30.7 Å². The predicted molar refractivity (Wildman–Crippen MR) is 120 cm³/mol. The second kappa shape index (κ2) is 12.0. The van der Waals surface area contributed by atoms with E-state index < -0.39 is 0 Å². The molecule has 0 radical (unpaired) electrons. The fraction of sp³-hybridized carbons (Fsp3) is 0.667. The molecule has 0 atom stereocenters. The van der Waals surface area contributed by atoms with Crippen LogP contribution in [-0.2, 0) is 9.53 Å². The summed E-state index contributed by atoms with van der Waals surface area (Å²) in [5, 5.41) is 2.97. The summed E-state index contributed by atoms with van der Waals surface area (Å²) in [6, 6.07) is 8.61. The van der Waals surface area contributed by atoms with Crippen molar-refractivity contribution in [2.75, 3.05) is 51.3 Å². The SMILES string of the molecule is Cl.Cl.O=C(CN1CCOCC1)Nc1ccc(OC2CCN(C3CCC3)CC2)cc1. The molecule has 1 aliphatic carbocycles. The molecular formula is C21H33Cl2N3O3. The van der Waals surface area contributed by atoms with Crippen molar-refractivity contribution < 1.29 is 14.3 Å². The van der Waals surface area contributed by atoms with Crippen molar-refractivity contribution in [3.05, 3.63) is 24.3 Å². The third-order valence-corrected chi connectivity index (χ3v) is 5.98. The number of anilines is 1. The highest BCUT2D eigenvalue weighted by molar-refractivity contribution is 5.92. The highest BCUT2D eigenvalue weighted by Crippen LogP contribution is 2.28. The molecule has 2 aliphatic heterocycles. The van der Waals surface area contributed by atoms with Gasteiger partial charge in [-0.3, -0.25) is 9.69 Å². The number of hydrogen-bond acceptors (Lipinski definition) is 5. The smallest absolute Gasteiger partial charge is 0.238 e. The summed E-state index contributed by atoms with van der Waals surface area (Å²) in [5.41, 5.74) is 0.820. The van der Waals surface area contributed by atoms with Gasteiger partial charge in [-0.1, -0.05) is 6.42 Å². The van der Waals surface area contributed by atoms with Crippen LogP contribution in [0, 0.1) is 0 Å². The minimum absolute atomic E-state index is 0. The summed E-state index contributed by atoms with van der Waals surface area (Å²) in [7, 11) is 0. The monoisotopic (exact) mass is 445 g/mol. The maximum atomic E-state index is 12.2. The molecule has 2 saturated heterocycles. The standard InChI is InChI=1S/C21H31N3O3.2ClH/c25-21(16-23-12-14-26-15-13-23)22-17-4-6-19(7-5-17)27-20-8-10-24(11-9-20)18-2-1-3-18;;/h4-7,18,20H,1-3,8-16H2,(H,22,25);2*1H. The number of nitrogens with zero attached hydrogens (tertiary/aromatic N) is 2. The normalized spacial score (nSPS) is 21.4. The minimum Gasteiger partial charge on any atom is -0.490 e. The molecule has 0 spiro atoms. The van der Waals surface area contributed by atoms with E-state index >= 15 is 0 Å². The molecule has 164 valence electrons. The summed E-state index contributed by atoms with van der Waals surface area (Å²) in [6.45, 7) is 5.79. The molecule has 1 saturated carbocycles. The average Bonchev–Trinajstić information content (AvgIpc) is 2.64. The van der Waals surface area contributed by atoms with Gasteiger partial charge in [-0.05, 0) is 49.9 Å². The third-order valence-electron chi connectivity index (χ3n) is 5.98. The lowest BCUT2D eigenvalue weighted by molar-refractivity contribution is -0.118. The van der Waals surface area contributed by atoms with Crippen LogP contribution in [0.4, 0.5) is 5.69 Å². The summed E-state index contributed by atoms with van der Waals surface area (Å²) < 4.78 is 11.5. The Morgan fingerprint density at radius 1 is 1.00 bits per heavy atom. The van der Waals surface area contributed by atoms with Crippen molar-refractivity contribution in [1.82, 2.24) is 9.80 Å². The van der Waals surface area contributed by atoms with Crippen molar-refractivity contribution >= 4 is 36.4 Å². The van der Waals surface area contributed by atoms with E-state index in [9.17, 15) is 4.79 Å². The maximum absolute atomic E-state index is 12.2. The number of nitrogens with one attached hydrogen (secondary N) is 1. The van der Waals surface area contributed by atoms with Crippen molar-refractivity contribution in [2.45, 2.75) is 44.2 Å². The molecule has 4 rings (SSSR count). The number of carbonyl (C=O) groups is 1. The molecule has 1 aromatic rings. The number of likely N-dealkylation sites (tertiary alicyclic amines) is 1. The van der Waals surface area contributed by atoms with Crippen molar-refractivity contribution in [2.24, 2.45) is 0 Å². The fourth-order valence-electron chi connectivity index (χ4n) is 4.08. The van der Waals surface area contributed by atoms with Crippen LogP contribution >= 0.6 is 24.8 Å². The van der Waals surface area contributed by atoms with Crippen LogP contribution in [0.1, 0.15) is 32.1 Å². The lowest BCUT2D eigenvalue weighted by Gasteiger charge is -2.41. The van der Waals surface area contributed by atoms with Gasteiger partial charge in [0.15, 0.2) is 0 Å². The summed E-state index contributed by atoms with van der Waals surface area (Å²) >= 11 is 0. The van der Waals surface area contributed by atoms with E-state index in [1.54, 1.807) is 0 Å². The second-order valence-corrected chi connectivity index (χ2v) is 7.90. The fourth-order valence-corrected chi connectivity index (χ4v) is 4.08. The van der Waals surface area contributed by atoms with Gasteiger partial charge in [0.2, 0.25) is 5.91 Å². The first-order valence-electron chi connectivity index (χ1n) is 10.4. The van der Waals surface area contributed by atoms with Crippen molar-refractivity contribution in [3.63, 3.8) is 0 Å². The second-order valence-electron chi connectivity index (χ2n) is 7.90. The van der Waals surface area contributed by atoms with Gasteiger partial charge < -0.3 is 19.7 Å². The van der Waals surface area contributed by atoms with Crippen LogP contribution in [0.2, 0.25) is 0 Å². The number of piperidine rings is 1. The van der Waals surface area contributed by atoms with Crippen LogP contribution in [0.3, 0.4) is 0 Å². The zero-order valence-electron chi connectivity index (χ0n) is 16.9. The Hall–Kier alpha value is -1.05. The van der Waals surface area contributed by atoms with E-state index in [1.165, 1.54) is 19.3 Å². The number of halogens is 2. The first kappa shape index (κ1) is 24.2. The Bertz CT molecular complexity index is 614. The van der Waals surface area contributed by atoms with E-state index in [1.807, 2.05) is 24.3 Å². The maximum Gasteiger partial charge on any atom is 0.238 e. The third kappa shape index (κ3) is 7.00. The molecule has 2 heterocycles. The Balaban J connectivity index is 0.00000150. The average molecular weight is 446 g/mol. The molecule has 1 aromatic carbocycles. The molecule has 0 bridgehead atoms. The molecule has 3 fully saturated rings. The van der Waals surface area contributed by atoms with Gasteiger partial charge >= 0.3 is 0 Å². The zero-order valence-corrected chi connectivity index (χ0v) is 18.5. The molecule has 1 amide bonds. The largest absolute Gasteiger partial charge is 0.490 e. The van der Waals surface area contributed by atoms with Gasteiger partial charge in [0.25, 0.3) is 0 Å². The number of amides is 1. The van der Waals surface area contributed by atoms with Crippen LogP contribution in [0.15, 0.2) is 24.3 Å². The first-order chi connectivity index (χ1) is 13.3. The van der Waals surface area contributed by atoms with E-state index in [4.69, 9.17) is 9.47 Å². The summed E-state index contributed by atoms with van der Waals surface area (Å²) in [5.74, 6) is 0.914. The number of hydrogen-bond donors (Lipinski definition) is 1. The number of carbonyl (C=O) groups excluding carboxylic acids is 1. The Morgan fingerprint density at radius 3 is 2.24 bits per heavy atom. The number of ether oxygens (including phenoxy) is 2. The van der Waals surface area contributed by atoms with Crippen LogP contribution in [0.5, 0.6) is 5.75 Å². The number of morpholine rings is 1. The highest BCUT2D eigenvalue weighted by atomic mass is 35.5. The van der Waals surface area contributed by atoms with E-state index in [0.29, 0.717) is 25.9 Å². The summed E-state index contributed by atoms with van der Waals surface area (Å²) in [6.07, 6.45) is 6.68. The minimum atomic E-state index is 0. The quantitative estimate of drug-likeness (QED) is 0.728. The van der Waals surface area contributed by atoms with E-state index in [2.05, 4.69) is 15.1 Å². The lowest BCUT2D eigenvalue weighted by Crippen LogP contribution is -2.46. The van der Waals surface area contributed by atoms with E-state index in [0.717, 1.165) is 56.5 Å². The van der Waals surface area contributed by atoms with Crippen molar-refractivity contribution in [3.8, 4) is 5.75 Å².